The van der Waals surface area contributed by atoms with E-state index in [1.165, 1.54) is 36.1 Å². The first-order chi connectivity index (χ1) is 11.1. The highest BCUT2D eigenvalue weighted by Crippen LogP contribution is 2.23. The van der Waals surface area contributed by atoms with Gasteiger partial charge in [-0.25, -0.2) is 0 Å². The largest absolute Gasteiger partial charge is 0.369 e. The molecule has 0 aromatic heterocycles. The summed E-state index contributed by atoms with van der Waals surface area (Å²) in [6, 6.07) is 6.53. The zero-order valence-corrected chi connectivity index (χ0v) is 14.6. The molecule has 0 bridgehead atoms. The molecule has 1 amide bonds. The van der Waals surface area contributed by atoms with E-state index in [-0.39, 0.29) is 0 Å². The highest BCUT2D eigenvalue weighted by atomic mass is 16.2. The van der Waals surface area contributed by atoms with Crippen molar-refractivity contribution in [3.05, 3.63) is 29.3 Å². The lowest BCUT2D eigenvalue weighted by molar-refractivity contribution is -0.133. The number of nitrogens with zero attached hydrogens (tertiary/aromatic N) is 3. The normalized spacial score (nSPS) is 19.9. The summed E-state index contributed by atoms with van der Waals surface area (Å²) < 4.78 is 0. The Hall–Kier alpha value is -1.55. The van der Waals surface area contributed by atoms with Gasteiger partial charge in [-0.1, -0.05) is 12.1 Å². The number of carbonyl (C=O) groups is 1. The van der Waals surface area contributed by atoms with Gasteiger partial charge in [-0.2, -0.15) is 0 Å². The zero-order valence-electron chi connectivity index (χ0n) is 14.6. The van der Waals surface area contributed by atoms with Crippen LogP contribution < -0.4 is 4.90 Å². The fourth-order valence-corrected chi connectivity index (χ4v) is 3.66. The van der Waals surface area contributed by atoms with Gasteiger partial charge in [-0.15, -0.1) is 0 Å². The van der Waals surface area contributed by atoms with Crippen molar-refractivity contribution in [1.82, 2.24) is 9.80 Å². The number of piperazine rings is 1. The van der Waals surface area contributed by atoms with Crippen LogP contribution in [0.15, 0.2) is 18.2 Å². The fourth-order valence-electron chi connectivity index (χ4n) is 3.66. The fraction of sp³-hybridized carbons (Fsp3) is 0.632. The first-order valence-corrected chi connectivity index (χ1v) is 8.96. The van der Waals surface area contributed by atoms with Crippen LogP contribution in [0.5, 0.6) is 0 Å². The third-order valence-electron chi connectivity index (χ3n) is 5.36. The molecule has 0 radical (unpaired) electrons. The van der Waals surface area contributed by atoms with Crippen LogP contribution >= 0.6 is 0 Å². The standard InChI is InChI=1S/C19H29N3O/c1-16-7-6-8-18(17(16)2)21-13-11-20(12-14-21)15-19(23)22-9-4-3-5-10-22/h6-8H,3-5,9-15H2,1-2H3. The molecular formula is C19H29N3O. The maximum atomic E-state index is 12.4. The van der Waals surface area contributed by atoms with Crippen LogP contribution in [0, 0.1) is 13.8 Å². The number of carbonyl (C=O) groups excluding carboxylic acids is 1. The summed E-state index contributed by atoms with van der Waals surface area (Å²) in [5, 5.41) is 0. The predicted octanol–water partition coefficient (Wildman–Crippen LogP) is 2.44. The van der Waals surface area contributed by atoms with Gasteiger partial charge in [0.15, 0.2) is 0 Å². The van der Waals surface area contributed by atoms with E-state index >= 15 is 0 Å². The maximum Gasteiger partial charge on any atom is 0.236 e. The van der Waals surface area contributed by atoms with Crippen LogP contribution in [0.4, 0.5) is 5.69 Å². The zero-order chi connectivity index (χ0) is 16.2. The molecule has 0 unspecified atom stereocenters. The van der Waals surface area contributed by atoms with Gasteiger partial charge in [0.2, 0.25) is 5.91 Å². The van der Waals surface area contributed by atoms with Crippen LogP contribution in [0.25, 0.3) is 0 Å². The number of rotatable bonds is 3. The van der Waals surface area contributed by atoms with Crippen molar-refractivity contribution in [3.8, 4) is 0 Å². The van der Waals surface area contributed by atoms with Crippen LogP contribution in [0.1, 0.15) is 30.4 Å². The summed E-state index contributed by atoms with van der Waals surface area (Å²) in [5.41, 5.74) is 4.09. The van der Waals surface area contributed by atoms with Crippen LogP contribution in [-0.2, 0) is 4.79 Å². The van der Waals surface area contributed by atoms with E-state index in [0.29, 0.717) is 12.5 Å². The van der Waals surface area contributed by atoms with Gasteiger partial charge in [-0.3, -0.25) is 9.69 Å². The topological polar surface area (TPSA) is 26.8 Å². The monoisotopic (exact) mass is 315 g/mol. The second-order valence-electron chi connectivity index (χ2n) is 6.92. The Kier molecular flexibility index (Phi) is 5.21. The Bertz CT molecular complexity index is 544. The first kappa shape index (κ1) is 16.3. The van der Waals surface area contributed by atoms with Gasteiger partial charge < -0.3 is 9.80 Å². The van der Waals surface area contributed by atoms with Crippen molar-refractivity contribution in [2.24, 2.45) is 0 Å². The van der Waals surface area contributed by atoms with E-state index in [1.807, 2.05) is 0 Å². The van der Waals surface area contributed by atoms with E-state index < -0.39 is 0 Å². The molecule has 2 aliphatic rings. The summed E-state index contributed by atoms with van der Waals surface area (Å²) in [6.07, 6.45) is 3.62. The molecule has 0 N–H and O–H groups in total. The molecule has 2 aliphatic heterocycles. The predicted molar refractivity (Wildman–Crippen MR) is 95.0 cm³/mol. The van der Waals surface area contributed by atoms with E-state index in [2.05, 4.69) is 46.7 Å². The quantitative estimate of drug-likeness (QED) is 0.857. The van der Waals surface area contributed by atoms with Gasteiger partial charge in [0.25, 0.3) is 0 Å². The number of piperidine rings is 1. The summed E-state index contributed by atoms with van der Waals surface area (Å²) in [6.45, 7) is 10.9. The van der Waals surface area contributed by atoms with Gasteiger partial charge >= 0.3 is 0 Å². The minimum atomic E-state index is 0.324. The molecule has 2 saturated heterocycles. The van der Waals surface area contributed by atoms with Gasteiger partial charge in [0, 0.05) is 45.0 Å². The van der Waals surface area contributed by atoms with Gasteiger partial charge in [0.1, 0.15) is 0 Å². The molecular weight excluding hydrogens is 286 g/mol. The van der Waals surface area contributed by atoms with Gasteiger partial charge in [0.05, 0.1) is 6.54 Å². The molecule has 126 valence electrons. The Morgan fingerprint density at radius 1 is 0.957 bits per heavy atom. The Labute approximate surface area is 140 Å². The average Bonchev–Trinajstić information content (AvgIpc) is 2.59. The molecule has 2 heterocycles. The van der Waals surface area contributed by atoms with E-state index in [9.17, 15) is 4.79 Å². The van der Waals surface area contributed by atoms with E-state index in [1.54, 1.807) is 0 Å². The van der Waals surface area contributed by atoms with E-state index in [4.69, 9.17) is 0 Å². The lowest BCUT2D eigenvalue weighted by Gasteiger charge is -2.37. The molecule has 4 heteroatoms. The van der Waals surface area contributed by atoms with E-state index in [0.717, 1.165) is 39.3 Å². The second-order valence-corrected chi connectivity index (χ2v) is 6.92. The highest BCUT2D eigenvalue weighted by molar-refractivity contribution is 5.78. The van der Waals surface area contributed by atoms with Crippen LogP contribution in [0.2, 0.25) is 0 Å². The number of hydrogen-bond donors (Lipinski definition) is 0. The Morgan fingerprint density at radius 3 is 2.35 bits per heavy atom. The molecule has 0 atom stereocenters. The lowest BCUT2D eigenvalue weighted by atomic mass is 10.1. The first-order valence-electron chi connectivity index (χ1n) is 8.96. The molecule has 23 heavy (non-hydrogen) atoms. The third kappa shape index (κ3) is 3.86. The number of anilines is 1. The summed E-state index contributed by atoms with van der Waals surface area (Å²) in [4.78, 5) is 19.2. The number of amides is 1. The lowest BCUT2D eigenvalue weighted by Crippen LogP contribution is -2.50. The van der Waals surface area contributed by atoms with Gasteiger partial charge in [-0.05, 0) is 50.3 Å². The summed E-state index contributed by atoms with van der Waals surface area (Å²) >= 11 is 0. The molecule has 3 rings (SSSR count). The molecule has 4 nitrogen and oxygen atoms in total. The summed E-state index contributed by atoms with van der Waals surface area (Å²) in [5.74, 6) is 0.324. The van der Waals surface area contributed by atoms with Crippen molar-refractivity contribution >= 4 is 11.6 Å². The SMILES string of the molecule is Cc1cccc(N2CCN(CC(=O)N3CCCCC3)CC2)c1C. The Balaban J connectivity index is 1.52. The third-order valence-corrected chi connectivity index (χ3v) is 5.36. The van der Waals surface area contributed by atoms with Crippen LogP contribution in [-0.4, -0.2) is 61.5 Å². The molecule has 1 aromatic rings. The van der Waals surface area contributed by atoms with Crippen molar-refractivity contribution in [2.45, 2.75) is 33.1 Å². The maximum absolute atomic E-state index is 12.4. The number of benzene rings is 1. The smallest absolute Gasteiger partial charge is 0.236 e. The number of likely N-dealkylation sites (tertiary alicyclic amines) is 1. The number of aryl methyl sites for hydroxylation is 1. The Morgan fingerprint density at radius 2 is 1.65 bits per heavy atom. The molecule has 0 aliphatic carbocycles. The van der Waals surface area contributed by atoms with Crippen LogP contribution in [0.3, 0.4) is 0 Å². The van der Waals surface area contributed by atoms with Crippen molar-refractivity contribution in [2.75, 3.05) is 50.7 Å². The highest BCUT2D eigenvalue weighted by Gasteiger charge is 2.23. The minimum Gasteiger partial charge on any atom is -0.369 e. The molecule has 1 aromatic carbocycles. The van der Waals surface area contributed by atoms with Crippen molar-refractivity contribution in [3.63, 3.8) is 0 Å². The average molecular weight is 315 g/mol. The van der Waals surface area contributed by atoms with Crippen molar-refractivity contribution in [1.29, 1.82) is 0 Å². The molecule has 0 spiro atoms. The second kappa shape index (κ2) is 7.35. The molecule has 0 saturated carbocycles. The molecule has 2 fully saturated rings. The minimum absolute atomic E-state index is 0.324. The van der Waals surface area contributed by atoms with Crippen molar-refractivity contribution < 1.29 is 4.79 Å². The summed E-state index contributed by atoms with van der Waals surface area (Å²) in [7, 11) is 0. The number of hydrogen-bond acceptors (Lipinski definition) is 3.